The van der Waals surface area contributed by atoms with Crippen LogP contribution in [0.3, 0.4) is 0 Å². The van der Waals surface area contributed by atoms with Crippen LogP contribution >= 0.6 is 0 Å². The van der Waals surface area contributed by atoms with E-state index in [1.165, 1.54) is 11.1 Å². The molecule has 0 aliphatic rings. The molecule has 0 fully saturated rings. The van der Waals surface area contributed by atoms with Crippen LogP contribution in [0.2, 0.25) is 0 Å². The lowest BCUT2D eigenvalue weighted by molar-refractivity contribution is 1.33. The van der Waals surface area contributed by atoms with Crippen molar-refractivity contribution in [3.05, 3.63) is 48.2 Å². The van der Waals surface area contributed by atoms with E-state index < -0.39 is 0 Å². The minimum Gasteiger partial charge on any atom is -0.384 e. The Balaban J connectivity index is 2.49. The third kappa shape index (κ3) is 1.74. The van der Waals surface area contributed by atoms with E-state index in [2.05, 4.69) is 30.1 Å². The van der Waals surface area contributed by atoms with E-state index in [1.807, 2.05) is 18.2 Å². The molecular formula is C12H12N2. The van der Waals surface area contributed by atoms with Gasteiger partial charge in [-0.3, -0.25) is 0 Å². The van der Waals surface area contributed by atoms with Crippen LogP contribution in [0.1, 0.15) is 5.56 Å². The molecule has 2 heteroatoms. The molecule has 2 N–H and O–H groups in total. The summed E-state index contributed by atoms with van der Waals surface area (Å²) in [4.78, 5) is 3.97. The Kier molecular flexibility index (Phi) is 2.19. The first-order chi connectivity index (χ1) is 6.75. The van der Waals surface area contributed by atoms with Gasteiger partial charge in [0.2, 0.25) is 0 Å². The van der Waals surface area contributed by atoms with Gasteiger partial charge in [0, 0.05) is 6.20 Å². The van der Waals surface area contributed by atoms with Gasteiger partial charge in [-0.25, -0.2) is 4.98 Å². The van der Waals surface area contributed by atoms with Crippen molar-refractivity contribution in [1.82, 2.24) is 4.98 Å². The molecule has 0 unspecified atom stereocenters. The summed E-state index contributed by atoms with van der Waals surface area (Å²) in [7, 11) is 0. The van der Waals surface area contributed by atoms with Crippen LogP contribution in [0, 0.1) is 6.92 Å². The Labute approximate surface area is 83.4 Å². The molecule has 0 saturated carbocycles. The summed E-state index contributed by atoms with van der Waals surface area (Å²) in [5.41, 5.74) is 9.16. The maximum absolute atomic E-state index is 5.62. The van der Waals surface area contributed by atoms with Crippen molar-refractivity contribution in [2.24, 2.45) is 0 Å². The number of rotatable bonds is 1. The number of anilines is 1. The molecule has 1 aromatic heterocycles. The number of hydrogen-bond acceptors (Lipinski definition) is 2. The van der Waals surface area contributed by atoms with E-state index in [-0.39, 0.29) is 0 Å². The van der Waals surface area contributed by atoms with Gasteiger partial charge in [-0.05, 0) is 30.2 Å². The van der Waals surface area contributed by atoms with Gasteiger partial charge in [0.05, 0.1) is 0 Å². The minimum atomic E-state index is 0.559. The lowest BCUT2D eigenvalue weighted by atomic mass is 10.0. The van der Waals surface area contributed by atoms with Gasteiger partial charge in [0.25, 0.3) is 0 Å². The molecule has 0 saturated heterocycles. The highest BCUT2D eigenvalue weighted by Crippen LogP contribution is 2.20. The molecule has 0 bridgehead atoms. The largest absolute Gasteiger partial charge is 0.384 e. The molecule has 1 heterocycles. The van der Waals surface area contributed by atoms with Crippen molar-refractivity contribution < 1.29 is 0 Å². The predicted molar refractivity (Wildman–Crippen MR) is 58.8 cm³/mol. The molecule has 2 nitrogen and oxygen atoms in total. The first-order valence-corrected chi connectivity index (χ1v) is 4.54. The highest BCUT2D eigenvalue weighted by Gasteiger charge is 1.97. The standard InChI is InChI=1S/C12H12N2/c1-9-3-2-4-10(7-9)11-5-6-14-12(13)8-11/h2-8H,1H3,(H2,13,14). The number of aryl methyl sites for hydroxylation is 1. The van der Waals surface area contributed by atoms with Gasteiger partial charge in [0.15, 0.2) is 0 Å². The molecule has 2 aromatic rings. The summed E-state index contributed by atoms with van der Waals surface area (Å²) in [6.07, 6.45) is 1.73. The van der Waals surface area contributed by atoms with E-state index in [0.717, 1.165) is 5.56 Å². The molecule has 2 rings (SSSR count). The molecule has 0 aliphatic carbocycles. The second-order valence-corrected chi connectivity index (χ2v) is 3.34. The van der Waals surface area contributed by atoms with E-state index >= 15 is 0 Å². The number of nitrogen functional groups attached to an aromatic ring is 1. The van der Waals surface area contributed by atoms with Crippen molar-refractivity contribution in [3.63, 3.8) is 0 Å². The average Bonchev–Trinajstić information content (AvgIpc) is 2.18. The first-order valence-electron chi connectivity index (χ1n) is 4.54. The van der Waals surface area contributed by atoms with Crippen LogP contribution in [-0.2, 0) is 0 Å². The van der Waals surface area contributed by atoms with Crippen molar-refractivity contribution in [2.75, 3.05) is 5.73 Å². The number of hydrogen-bond donors (Lipinski definition) is 1. The molecule has 14 heavy (non-hydrogen) atoms. The van der Waals surface area contributed by atoms with E-state index in [0.29, 0.717) is 5.82 Å². The second-order valence-electron chi connectivity index (χ2n) is 3.34. The fraction of sp³-hybridized carbons (Fsp3) is 0.0833. The maximum atomic E-state index is 5.62. The number of pyridine rings is 1. The van der Waals surface area contributed by atoms with Gasteiger partial charge in [-0.15, -0.1) is 0 Å². The number of aromatic nitrogens is 1. The molecular weight excluding hydrogens is 172 g/mol. The van der Waals surface area contributed by atoms with Gasteiger partial charge in [0.1, 0.15) is 5.82 Å². The molecule has 0 amide bonds. The smallest absolute Gasteiger partial charge is 0.123 e. The Morgan fingerprint density at radius 3 is 2.57 bits per heavy atom. The van der Waals surface area contributed by atoms with E-state index in [9.17, 15) is 0 Å². The average molecular weight is 184 g/mol. The zero-order valence-corrected chi connectivity index (χ0v) is 8.07. The number of nitrogens with two attached hydrogens (primary N) is 1. The van der Waals surface area contributed by atoms with Crippen molar-refractivity contribution in [3.8, 4) is 11.1 Å². The topological polar surface area (TPSA) is 38.9 Å². The lowest BCUT2D eigenvalue weighted by Gasteiger charge is -2.02. The van der Waals surface area contributed by atoms with Crippen molar-refractivity contribution in [1.29, 1.82) is 0 Å². The van der Waals surface area contributed by atoms with Crippen molar-refractivity contribution in [2.45, 2.75) is 6.92 Å². The minimum absolute atomic E-state index is 0.559. The highest BCUT2D eigenvalue weighted by molar-refractivity contribution is 5.66. The predicted octanol–water partition coefficient (Wildman–Crippen LogP) is 2.64. The van der Waals surface area contributed by atoms with E-state index in [1.54, 1.807) is 6.20 Å². The summed E-state index contributed by atoms with van der Waals surface area (Å²) in [6, 6.07) is 12.2. The lowest BCUT2D eigenvalue weighted by Crippen LogP contribution is -1.89. The Bertz CT molecular complexity index is 406. The summed E-state index contributed by atoms with van der Waals surface area (Å²) in [5, 5.41) is 0. The second kappa shape index (κ2) is 3.50. The fourth-order valence-corrected chi connectivity index (χ4v) is 1.45. The fourth-order valence-electron chi connectivity index (χ4n) is 1.45. The van der Waals surface area contributed by atoms with Gasteiger partial charge in [-0.1, -0.05) is 29.8 Å². The monoisotopic (exact) mass is 184 g/mol. The molecule has 0 radical (unpaired) electrons. The molecule has 0 aliphatic heterocycles. The Hall–Kier alpha value is -1.83. The summed E-state index contributed by atoms with van der Waals surface area (Å²) < 4.78 is 0. The molecule has 70 valence electrons. The highest BCUT2D eigenvalue weighted by atomic mass is 14.8. The first kappa shape index (κ1) is 8.75. The SMILES string of the molecule is Cc1cccc(-c2ccnc(N)c2)c1. The molecule has 0 spiro atoms. The normalized spacial score (nSPS) is 10.1. The van der Waals surface area contributed by atoms with Crippen LogP contribution in [0.15, 0.2) is 42.6 Å². The summed E-state index contributed by atoms with van der Waals surface area (Å²) in [5.74, 6) is 0.559. The Morgan fingerprint density at radius 1 is 1.07 bits per heavy atom. The van der Waals surface area contributed by atoms with E-state index in [4.69, 9.17) is 5.73 Å². The van der Waals surface area contributed by atoms with Crippen LogP contribution in [0.25, 0.3) is 11.1 Å². The van der Waals surface area contributed by atoms with Gasteiger partial charge < -0.3 is 5.73 Å². The van der Waals surface area contributed by atoms with Crippen LogP contribution < -0.4 is 5.73 Å². The number of nitrogens with zero attached hydrogens (tertiary/aromatic N) is 1. The van der Waals surface area contributed by atoms with Crippen LogP contribution in [0.5, 0.6) is 0 Å². The Morgan fingerprint density at radius 2 is 1.86 bits per heavy atom. The van der Waals surface area contributed by atoms with Gasteiger partial charge >= 0.3 is 0 Å². The van der Waals surface area contributed by atoms with Gasteiger partial charge in [-0.2, -0.15) is 0 Å². The molecule has 1 aromatic carbocycles. The zero-order chi connectivity index (χ0) is 9.97. The number of benzene rings is 1. The van der Waals surface area contributed by atoms with Crippen molar-refractivity contribution >= 4 is 5.82 Å². The maximum Gasteiger partial charge on any atom is 0.123 e. The molecule has 0 atom stereocenters. The third-order valence-electron chi connectivity index (χ3n) is 2.13. The van der Waals surface area contributed by atoms with Crippen LogP contribution in [0.4, 0.5) is 5.82 Å². The quantitative estimate of drug-likeness (QED) is 0.740. The van der Waals surface area contributed by atoms with Crippen LogP contribution in [-0.4, -0.2) is 4.98 Å². The zero-order valence-electron chi connectivity index (χ0n) is 8.07. The summed E-state index contributed by atoms with van der Waals surface area (Å²) >= 11 is 0. The third-order valence-corrected chi connectivity index (χ3v) is 2.13. The summed E-state index contributed by atoms with van der Waals surface area (Å²) in [6.45, 7) is 2.08.